The molecule has 0 radical (unpaired) electrons. The van der Waals surface area contributed by atoms with E-state index in [1.54, 1.807) is 6.07 Å². The summed E-state index contributed by atoms with van der Waals surface area (Å²) in [5.41, 5.74) is 1.39. The molecule has 0 aromatic heterocycles. The van der Waals surface area contributed by atoms with Crippen LogP contribution in [0.2, 0.25) is 0 Å². The first kappa shape index (κ1) is 11.9. The summed E-state index contributed by atoms with van der Waals surface area (Å²) in [6, 6.07) is 3.71. The number of hydrogen-bond acceptors (Lipinski definition) is 2. The van der Waals surface area contributed by atoms with Gasteiger partial charge in [-0.15, -0.1) is 11.6 Å². The molecule has 0 bridgehead atoms. The predicted molar refractivity (Wildman–Crippen MR) is 61.7 cm³/mol. The predicted octanol–water partition coefficient (Wildman–Crippen LogP) is 1.66. The van der Waals surface area contributed by atoms with Gasteiger partial charge >= 0.3 is 6.03 Å². The van der Waals surface area contributed by atoms with Crippen LogP contribution < -0.4 is 10.2 Å². The van der Waals surface area contributed by atoms with Crippen molar-refractivity contribution in [1.29, 1.82) is 0 Å². The molecule has 6 heteroatoms. The van der Waals surface area contributed by atoms with Gasteiger partial charge in [-0.1, -0.05) is 6.07 Å². The van der Waals surface area contributed by atoms with E-state index in [1.165, 1.54) is 17.0 Å². The summed E-state index contributed by atoms with van der Waals surface area (Å²) < 4.78 is 13.1. The van der Waals surface area contributed by atoms with Crippen LogP contribution in [0.5, 0.6) is 0 Å². The monoisotopic (exact) mass is 256 g/mol. The molecular weight excluding hydrogens is 247 g/mol. The van der Waals surface area contributed by atoms with Crippen LogP contribution in [0.25, 0.3) is 0 Å². The molecule has 0 fully saturated rings. The van der Waals surface area contributed by atoms with Gasteiger partial charge in [-0.05, 0) is 24.1 Å². The van der Waals surface area contributed by atoms with Crippen molar-refractivity contribution in [1.82, 2.24) is 5.32 Å². The van der Waals surface area contributed by atoms with Crippen molar-refractivity contribution >= 4 is 29.2 Å². The molecular formula is C11H10ClFN2O2. The van der Waals surface area contributed by atoms with Crippen molar-refractivity contribution in [3.05, 3.63) is 29.6 Å². The van der Waals surface area contributed by atoms with Gasteiger partial charge in [0.05, 0.1) is 5.69 Å². The zero-order valence-electron chi connectivity index (χ0n) is 8.87. The minimum atomic E-state index is -0.569. The number of hydrogen-bond donors (Lipinski definition) is 1. The van der Waals surface area contributed by atoms with Crippen LogP contribution in [-0.4, -0.2) is 24.4 Å². The van der Waals surface area contributed by atoms with Gasteiger partial charge in [0.1, 0.15) is 11.7 Å². The number of nitrogens with one attached hydrogen (secondary N) is 1. The normalized spacial score (nSPS) is 13.4. The molecule has 1 heterocycles. The number of nitrogens with zero attached hydrogens (tertiary/aromatic N) is 1. The summed E-state index contributed by atoms with van der Waals surface area (Å²) in [4.78, 5) is 24.0. The van der Waals surface area contributed by atoms with Crippen molar-refractivity contribution in [2.45, 2.75) is 6.42 Å². The summed E-state index contributed by atoms with van der Waals surface area (Å²) in [5, 5.41) is 2.13. The van der Waals surface area contributed by atoms with E-state index in [0.29, 0.717) is 18.7 Å². The minimum absolute atomic E-state index is 0.282. The van der Waals surface area contributed by atoms with E-state index in [2.05, 4.69) is 5.32 Å². The van der Waals surface area contributed by atoms with E-state index in [-0.39, 0.29) is 5.88 Å². The number of anilines is 1. The molecule has 17 heavy (non-hydrogen) atoms. The van der Waals surface area contributed by atoms with Crippen molar-refractivity contribution in [2.24, 2.45) is 0 Å². The number of halogens is 2. The van der Waals surface area contributed by atoms with Crippen LogP contribution >= 0.6 is 11.6 Å². The van der Waals surface area contributed by atoms with E-state index in [9.17, 15) is 14.0 Å². The quantitative estimate of drug-likeness (QED) is 0.777. The largest absolute Gasteiger partial charge is 0.328 e. The number of benzene rings is 1. The van der Waals surface area contributed by atoms with Crippen LogP contribution in [0.15, 0.2) is 18.2 Å². The third kappa shape index (κ3) is 2.39. The highest BCUT2D eigenvalue weighted by molar-refractivity contribution is 6.28. The zero-order chi connectivity index (χ0) is 12.4. The summed E-state index contributed by atoms with van der Waals surface area (Å²) in [6.45, 7) is 0.431. The molecule has 1 aromatic rings. The lowest BCUT2D eigenvalue weighted by atomic mass is 10.2. The topological polar surface area (TPSA) is 49.4 Å². The summed E-state index contributed by atoms with van der Waals surface area (Å²) in [6.07, 6.45) is 0.651. The van der Waals surface area contributed by atoms with Crippen molar-refractivity contribution in [2.75, 3.05) is 17.3 Å². The van der Waals surface area contributed by atoms with Gasteiger partial charge in [0, 0.05) is 6.54 Å². The number of alkyl halides is 1. The molecule has 3 amide bonds. The van der Waals surface area contributed by atoms with Crippen LogP contribution in [0.4, 0.5) is 14.9 Å². The highest BCUT2D eigenvalue weighted by atomic mass is 35.5. The molecule has 1 aliphatic rings. The lowest BCUT2D eigenvalue weighted by molar-refractivity contribution is -0.117. The van der Waals surface area contributed by atoms with Crippen LogP contribution in [-0.2, 0) is 11.2 Å². The highest BCUT2D eigenvalue weighted by Gasteiger charge is 2.25. The number of urea groups is 1. The average molecular weight is 257 g/mol. The fraction of sp³-hybridized carbons (Fsp3) is 0.273. The third-order valence-corrected chi connectivity index (χ3v) is 2.80. The van der Waals surface area contributed by atoms with Gasteiger partial charge in [-0.25, -0.2) is 9.18 Å². The molecule has 1 N–H and O–H groups in total. The molecule has 0 saturated heterocycles. The van der Waals surface area contributed by atoms with E-state index in [1.807, 2.05) is 0 Å². The number of amides is 3. The molecule has 4 nitrogen and oxygen atoms in total. The Labute approximate surface area is 102 Å². The van der Waals surface area contributed by atoms with Crippen molar-refractivity contribution in [3.8, 4) is 0 Å². The molecule has 1 aliphatic heterocycles. The highest BCUT2D eigenvalue weighted by Crippen LogP contribution is 2.28. The summed E-state index contributed by atoms with van der Waals surface area (Å²) >= 11 is 5.29. The Bertz CT molecular complexity index is 479. The van der Waals surface area contributed by atoms with Gasteiger partial charge in [-0.3, -0.25) is 15.0 Å². The smallest absolute Gasteiger partial charge is 0.293 e. The van der Waals surface area contributed by atoms with E-state index >= 15 is 0 Å². The maximum absolute atomic E-state index is 13.1. The van der Waals surface area contributed by atoms with E-state index < -0.39 is 17.8 Å². The first-order valence-electron chi connectivity index (χ1n) is 5.07. The molecule has 0 spiro atoms. The maximum Gasteiger partial charge on any atom is 0.328 e. The fourth-order valence-electron chi connectivity index (χ4n) is 1.78. The number of fused-ring (bicyclic) bond motifs is 1. The number of imide groups is 1. The van der Waals surface area contributed by atoms with Gasteiger partial charge in [-0.2, -0.15) is 0 Å². The molecule has 0 aliphatic carbocycles. The lowest BCUT2D eigenvalue weighted by Gasteiger charge is -2.17. The number of carbonyl (C=O) groups excluding carboxylic acids is 2. The Kier molecular flexibility index (Phi) is 3.28. The standard InChI is InChI=1S/C11H10ClFN2O2/c12-6-10(16)14-11(17)15-4-3-7-1-2-8(13)5-9(7)15/h1-2,5H,3-4,6H2,(H,14,16,17). The van der Waals surface area contributed by atoms with Crippen molar-refractivity contribution < 1.29 is 14.0 Å². The van der Waals surface area contributed by atoms with Crippen LogP contribution in [0, 0.1) is 5.82 Å². The molecule has 90 valence electrons. The Morgan fingerprint density at radius 3 is 2.94 bits per heavy atom. The maximum atomic E-state index is 13.1. The summed E-state index contributed by atoms with van der Waals surface area (Å²) in [7, 11) is 0. The second-order valence-corrected chi connectivity index (χ2v) is 3.93. The SMILES string of the molecule is O=C(CCl)NC(=O)N1CCc2ccc(F)cc21. The van der Waals surface area contributed by atoms with Gasteiger partial charge in [0.25, 0.3) is 0 Å². The Hall–Kier alpha value is -1.62. The molecule has 0 saturated carbocycles. The second kappa shape index (κ2) is 4.71. The average Bonchev–Trinajstić information content (AvgIpc) is 2.71. The lowest BCUT2D eigenvalue weighted by Crippen LogP contribution is -2.42. The third-order valence-electron chi connectivity index (χ3n) is 2.56. The van der Waals surface area contributed by atoms with Crippen LogP contribution in [0.1, 0.15) is 5.56 Å². The van der Waals surface area contributed by atoms with E-state index in [0.717, 1.165) is 5.56 Å². The minimum Gasteiger partial charge on any atom is -0.293 e. The van der Waals surface area contributed by atoms with Gasteiger partial charge in [0.2, 0.25) is 5.91 Å². The fourth-order valence-corrected chi connectivity index (χ4v) is 1.85. The molecule has 2 rings (SSSR count). The van der Waals surface area contributed by atoms with Gasteiger partial charge in [0.15, 0.2) is 0 Å². The van der Waals surface area contributed by atoms with Crippen LogP contribution in [0.3, 0.4) is 0 Å². The zero-order valence-corrected chi connectivity index (χ0v) is 9.63. The Balaban J connectivity index is 2.18. The van der Waals surface area contributed by atoms with Gasteiger partial charge < -0.3 is 0 Å². The Morgan fingerprint density at radius 1 is 1.47 bits per heavy atom. The first-order valence-corrected chi connectivity index (χ1v) is 5.61. The first-order chi connectivity index (χ1) is 8.11. The second-order valence-electron chi connectivity index (χ2n) is 3.66. The molecule has 0 unspecified atom stereocenters. The number of carbonyl (C=O) groups is 2. The molecule has 0 atom stereocenters. The van der Waals surface area contributed by atoms with E-state index in [4.69, 9.17) is 11.6 Å². The summed E-state index contributed by atoms with van der Waals surface area (Å²) in [5.74, 6) is -1.26. The Morgan fingerprint density at radius 2 is 2.24 bits per heavy atom. The van der Waals surface area contributed by atoms with Crippen molar-refractivity contribution in [3.63, 3.8) is 0 Å². The number of rotatable bonds is 1. The molecule has 1 aromatic carbocycles.